The van der Waals surface area contributed by atoms with Gasteiger partial charge in [0.1, 0.15) is 5.75 Å². The van der Waals surface area contributed by atoms with Gasteiger partial charge < -0.3 is 10.0 Å². The number of aromatic nitrogens is 4. The molecule has 0 saturated carbocycles. The zero-order valence-corrected chi connectivity index (χ0v) is 17.5. The second kappa shape index (κ2) is 7.02. The first-order valence-electron chi connectivity index (χ1n) is 9.69. The van der Waals surface area contributed by atoms with Gasteiger partial charge in [-0.15, -0.1) is 5.10 Å². The van der Waals surface area contributed by atoms with Crippen LogP contribution in [0.2, 0.25) is 0 Å². The summed E-state index contributed by atoms with van der Waals surface area (Å²) in [5, 5.41) is 14.6. The van der Waals surface area contributed by atoms with Crippen molar-refractivity contribution in [1.82, 2.24) is 28.6 Å². The number of nitrogens with zero attached hydrogens (tertiary/aromatic N) is 6. The highest BCUT2D eigenvalue weighted by Gasteiger charge is 2.41. The fourth-order valence-electron chi connectivity index (χ4n) is 4.09. The highest BCUT2D eigenvalue weighted by atomic mass is 32.2. The summed E-state index contributed by atoms with van der Waals surface area (Å²) < 4.78 is 68.3. The third kappa shape index (κ3) is 3.43. The number of alkyl halides is 3. The smallest absolute Gasteiger partial charge is 0.416 e. The number of benzene rings is 1. The second-order valence-corrected chi connectivity index (χ2v) is 9.43. The Balaban J connectivity index is 1.46. The number of phenols is 1. The van der Waals surface area contributed by atoms with Crippen LogP contribution in [0.4, 0.5) is 19.1 Å². The maximum Gasteiger partial charge on any atom is 0.416 e. The topological polar surface area (TPSA) is 116 Å². The Morgan fingerprint density at radius 3 is 2.72 bits per heavy atom. The molecule has 1 atom stereocenters. The van der Waals surface area contributed by atoms with E-state index in [-0.39, 0.29) is 28.6 Å². The molecule has 2 aromatic heterocycles. The van der Waals surface area contributed by atoms with Crippen LogP contribution in [0.25, 0.3) is 17.0 Å². The van der Waals surface area contributed by atoms with Crippen molar-refractivity contribution in [2.24, 2.45) is 0 Å². The van der Waals surface area contributed by atoms with Crippen molar-refractivity contribution < 1.29 is 26.7 Å². The molecular weight excluding hydrogens is 451 g/mol. The van der Waals surface area contributed by atoms with Gasteiger partial charge in [0, 0.05) is 37.9 Å². The van der Waals surface area contributed by atoms with Gasteiger partial charge >= 0.3 is 6.18 Å². The molecule has 10 nitrogen and oxygen atoms in total. The summed E-state index contributed by atoms with van der Waals surface area (Å²) in [6.07, 6.45) is -3.01. The lowest BCUT2D eigenvalue weighted by molar-refractivity contribution is -0.137. The van der Waals surface area contributed by atoms with Crippen molar-refractivity contribution >= 4 is 21.9 Å². The lowest BCUT2D eigenvalue weighted by Crippen LogP contribution is -2.52. The maximum absolute atomic E-state index is 13.0. The maximum atomic E-state index is 13.0. The van der Waals surface area contributed by atoms with E-state index in [1.54, 1.807) is 6.20 Å². The number of phenolic OH excluding ortho intramolecular Hbond substituents is 1. The molecule has 4 heterocycles. The molecule has 3 aromatic rings. The van der Waals surface area contributed by atoms with Gasteiger partial charge in [0.25, 0.3) is 16.0 Å². The molecule has 0 aliphatic carbocycles. The van der Waals surface area contributed by atoms with E-state index in [1.165, 1.54) is 21.8 Å². The van der Waals surface area contributed by atoms with Crippen LogP contribution in [0.5, 0.6) is 5.75 Å². The van der Waals surface area contributed by atoms with Crippen LogP contribution in [0.1, 0.15) is 11.1 Å². The average molecular weight is 469 g/mol. The molecule has 2 aliphatic rings. The van der Waals surface area contributed by atoms with Gasteiger partial charge in [0.2, 0.25) is 5.95 Å². The molecule has 5 rings (SSSR count). The number of rotatable bonds is 2. The van der Waals surface area contributed by atoms with Gasteiger partial charge in [0.05, 0.1) is 17.3 Å². The van der Waals surface area contributed by atoms with E-state index in [4.69, 9.17) is 0 Å². The highest BCUT2D eigenvalue weighted by Crippen LogP contribution is 2.38. The van der Waals surface area contributed by atoms with Crippen LogP contribution < -0.4 is 9.62 Å². The number of halogens is 3. The van der Waals surface area contributed by atoms with Crippen molar-refractivity contribution in [2.45, 2.75) is 19.1 Å². The standard InChI is InChI=1S/C18H18F3N7O3S/c1-10-6-11(18(19,20)21)7-14(29)15(10)13-2-3-27-16(23-13)24-17(25-27)26-4-5-28-12(9-26)8-22-32(28,30)31/h2-3,6-7,12,22,29H,4-5,8-9H2,1H3/t12-/m0/s1. The summed E-state index contributed by atoms with van der Waals surface area (Å²) in [5.74, 6) is 0.0442. The van der Waals surface area contributed by atoms with Crippen LogP contribution >= 0.6 is 0 Å². The molecule has 2 N–H and O–H groups in total. The van der Waals surface area contributed by atoms with Crippen LogP contribution in [0.3, 0.4) is 0 Å². The van der Waals surface area contributed by atoms with E-state index >= 15 is 0 Å². The Morgan fingerprint density at radius 1 is 1.22 bits per heavy atom. The number of anilines is 1. The van der Waals surface area contributed by atoms with Crippen LogP contribution in [0.15, 0.2) is 24.4 Å². The normalized spacial score (nSPS) is 21.2. The number of hydrogen-bond acceptors (Lipinski definition) is 7. The quantitative estimate of drug-likeness (QED) is 0.579. The van der Waals surface area contributed by atoms with Crippen molar-refractivity contribution in [3.63, 3.8) is 0 Å². The first-order chi connectivity index (χ1) is 15.0. The van der Waals surface area contributed by atoms with Gasteiger partial charge in [-0.25, -0.2) is 14.2 Å². The number of hydrogen-bond donors (Lipinski definition) is 2. The van der Waals surface area contributed by atoms with Gasteiger partial charge in [0.15, 0.2) is 0 Å². The molecule has 2 saturated heterocycles. The summed E-state index contributed by atoms with van der Waals surface area (Å²) in [5.41, 5.74) is -0.276. The summed E-state index contributed by atoms with van der Waals surface area (Å²) in [6.45, 7) is 2.89. The predicted molar refractivity (Wildman–Crippen MR) is 107 cm³/mol. The van der Waals surface area contributed by atoms with Gasteiger partial charge in [-0.05, 0) is 30.7 Å². The molecule has 14 heteroatoms. The summed E-state index contributed by atoms with van der Waals surface area (Å²) >= 11 is 0. The lowest BCUT2D eigenvalue weighted by atomic mass is 10.0. The molecule has 0 amide bonds. The Kier molecular flexibility index (Phi) is 4.58. The van der Waals surface area contributed by atoms with E-state index < -0.39 is 27.7 Å². The van der Waals surface area contributed by atoms with E-state index in [1.807, 2.05) is 4.90 Å². The Labute approximate surface area is 180 Å². The first kappa shape index (κ1) is 20.9. The predicted octanol–water partition coefficient (Wildman–Crippen LogP) is 1.16. The number of nitrogens with one attached hydrogen (secondary N) is 1. The second-order valence-electron chi connectivity index (χ2n) is 7.72. The minimum atomic E-state index is -4.57. The van der Waals surface area contributed by atoms with Gasteiger partial charge in [-0.1, -0.05) is 0 Å². The number of aromatic hydroxyl groups is 1. The average Bonchev–Trinajstić information content (AvgIpc) is 3.27. The molecule has 2 fully saturated rings. The van der Waals surface area contributed by atoms with Crippen LogP contribution in [0, 0.1) is 6.92 Å². The SMILES string of the molecule is Cc1cc(C(F)(F)F)cc(O)c1-c1ccn2nc(N3CCN4[C@@H](CNS4(=O)=O)C3)nc2n1. The van der Waals surface area contributed by atoms with E-state index in [9.17, 15) is 26.7 Å². The van der Waals surface area contributed by atoms with Crippen LogP contribution in [-0.4, -0.2) is 69.6 Å². The highest BCUT2D eigenvalue weighted by molar-refractivity contribution is 7.87. The largest absolute Gasteiger partial charge is 0.507 e. The minimum Gasteiger partial charge on any atom is -0.507 e. The van der Waals surface area contributed by atoms with Gasteiger partial charge in [-0.3, -0.25) is 0 Å². The monoisotopic (exact) mass is 469 g/mol. The summed E-state index contributed by atoms with van der Waals surface area (Å²) in [7, 11) is -3.43. The fourth-order valence-corrected chi connectivity index (χ4v) is 5.52. The molecule has 32 heavy (non-hydrogen) atoms. The molecule has 0 bridgehead atoms. The number of piperazine rings is 1. The Hall–Kier alpha value is -2.97. The third-order valence-electron chi connectivity index (χ3n) is 5.62. The van der Waals surface area contributed by atoms with Crippen molar-refractivity contribution in [1.29, 1.82) is 0 Å². The molecule has 0 unspecified atom stereocenters. The van der Waals surface area contributed by atoms with E-state index in [0.717, 1.165) is 6.07 Å². The molecule has 0 spiro atoms. The van der Waals surface area contributed by atoms with Crippen molar-refractivity contribution in [2.75, 3.05) is 31.1 Å². The Bertz CT molecular complexity index is 1300. The lowest BCUT2D eigenvalue weighted by Gasteiger charge is -2.34. The van der Waals surface area contributed by atoms with E-state index in [2.05, 4.69) is 19.8 Å². The zero-order valence-electron chi connectivity index (χ0n) is 16.7. The minimum absolute atomic E-state index is 0.181. The number of aryl methyl sites for hydroxylation is 1. The fraction of sp³-hybridized carbons (Fsp3) is 0.389. The van der Waals surface area contributed by atoms with Crippen molar-refractivity contribution in [3.8, 4) is 17.0 Å². The molecule has 0 radical (unpaired) electrons. The van der Waals surface area contributed by atoms with Crippen LogP contribution in [-0.2, 0) is 16.4 Å². The van der Waals surface area contributed by atoms with E-state index in [0.29, 0.717) is 38.2 Å². The van der Waals surface area contributed by atoms with Crippen molar-refractivity contribution in [3.05, 3.63) is 35.5 Å². The summed E-state index contributed by atoms with van der Waals surface area (Å²) in [4.78, 5) is 10.6. The molecule has 170 valence electrons. The third-order valence-corrected chi connectivity index (χ3v) is 7.25. The molecular formula is C18H18F3N7O3S. The molecule has 1 aromatic carbocycles. The Morgan fingerprint density at radius 2 is 2.00 bits per heavy atom. The summed E-state index contributed by atoms with van der Waals surface area (Å²) in [6, 6.07) is 2.94. The zero-order chi connectivity index (χ0) is 22.8. The first-order valence-corrected chi connectivity index (χ1v) is 11.1. The molecule has 2 aliphatic heterocycles. The van der Waals surface area contributed by atoms with Gasteiger partial charge in [-0.2, -0.15) is 30.9 Å². The number of fused-ring (bicyclic) bond motifs is 2.